The fraction of sp³-hybridized carbons (Fsp3) is 0.200. The molecule has 0 saturated heterocycles. The van der Waals surface area contributed by atoms with Crippen LogP contribution in [0.3, 0.4) is 0 Å². The molecule has 6 heteroatoms. The first-order valence-electron chi connectivity index (χ1n) is 4.29. The highest BCUT2D eigenvalue weighted by Gasteiger charge is 2.39. The molecule has 0 atom stereocenters. The predicted octanol–water partition coefficient (Wildman–Crippen LogP) is 1.97. The van der Waals surface area contributed by atoms with Gasteiger partial charge in [-0.3, -0.25) is 9.59 Å². The second kappa shape index (κ2) is 4.34. The monoisotopic (exact) mass is 231 g/mol. The highest BCUT2D eigenvalue weighted by atomic mass is 19.4. The van der Waals surface area contributed by atoms with Gasteiger partial charge >= 0.3 is 6.18 Å². The summed E-state index contributed by atoms with van der Waals surface area (Å²) in [6.45, 7) is 0. The van der Waals surface area contributed by atoms with Gasteiger partial charge in [0.15, 0.2) is 5.78 Å². The number of anilines is 1. The highest BCUT2D eigenvalue weighted by Crippen LogP contribution is 2.19. The summed E-state index contributed by atoms with van der Waals surface area (Å²) in [6, 6.07) is 5.46. The molecule has 16 heavy (non-hydrogen) atoms. The minimum atomic E-state index is -4.98. The van der Waals surface area contributed by atoms with Crippen molar-refractivity contribution in [1.29, 1.82) is 0 Å². The SMILES string of the molecule is Nc1cccc(C(=O)CC(=O)C(F)(F)F)c1. The Morgan fingerprint density at radius 3 is 2.38 bits per heavy atom. The first-order valence-corrected chi connectivity index (χ1v) is 4.29. The highest BCUT2D eigenvalue weighted by molar-refractivity contribution is 6.09. The molecule has 0 fully saturated rings. The summed E-state index contributed by atoms with van der Waals surface area (Å²) in [4.78, 5) is 21.8. The second-order valence-corrected chi connectivity index (χ2v) is 3.15. The average Bonchev–Trinajstić information content (AvgIpc) is 2.16. The number of hydrogen-bond donors (Lipinski definition) is 1. The molecule has 0 bridgehead atoms. The fourth-order valence-electron chi connectivity index (χ4n) is 1.06. The van der Waals surface area contributed by atoms with Gasteiger partial charge in [-0.2, -0.15) is 13.2 Å². The van der Waals surface area contributed by atoms with Gasteiger partial charge in [-0.05, 0) is 12.1 Å². The number of Topliss-reactive ketones (excluding diaryl/α,β-unsaturated/α-hetero) is 2. The molecule has 0 unspecified atom stereocenters. The van der Waals surface area contributed by atoms with Crippen molar-refractivity contribution in [2.45, 2.75) is 12.6 Å². The summed E-state index contributed by atoms with van der Waals surface area (Å²) < 4.78 is 35.6. The summed E-state index contributed by atoms with van der Waals surface area (Å²) in [5.74, 6) is -2.95. The number of halogens is 3. The molecule has 1 rings (SSSR count). The van der Waals surface area contributed by atoms with Crippen LogP contribution in [0, 0.1) is 0 Å². The number of alkyl halides is 3. The summed E-state index contributed by atoms with van der Waals surface area (Å²) in [6.07, 6.45) is -6.16. The Morgan fingerprint density at radius 1 is 1.25 bits per heavy atom. The molecular formula is C10H8F3NO2. The fourth-order valence-corrected chi connectivity index (χ4v) is 1.06. The van der Waals surface area contributed by atoms with Crippen LogP contribution in [0.1, 0.15) is 16.8 Å². The van der Waals surface area contributed by atoms with E-state index in [-0.39, 0.29) is 11.3 Å². The minimum Gasteiger partial charge on any atom is -0.399 e. The van der Waals surface area contributed by atoms with Gasteiger partial charge in [0, 0.05) is 11.3 Å². The number of nitrogen functional groups attached to an aromatic ring is 1. The largest absolute Gasteiger partial charge is 0.450 e. The Balaban J connectivity index is 2.78. The van der Waals surface area contributed by atoms with E-state index in [1.165, 1.54) is 24.3 Å². The molecule has 0 amide bonds. The lowest BCUT2D eigenvalue weighted by atomic mass is 10.1. The summed E-state index contributed by atoms with van der Waals surface area (Å²) in [7, 11) is 0. The maximum atomic E-state index is 11.9. The van der Waals surface area contributed by atoms with Crippen LogP contribution in [0.5, 0.6) is 0 Å². The van der Waals surface area contributed by atoms with Crippen LogP contribution in [0.2, 0.25) is 0 Å². The van der Waals surface area contributed by atoms with Crippen molar-refractivity contribution in [2.75, 3.05) is 5.73 Å². The lowest BCUT2D eigenvalue weighted by Gasteiger charge is -2.04. The van der Waals surface area contributed by atoms with E-state index >= 15 is 0 Å². The normalized spacial score (nSPS) is 11.2. The molecule has 0 spiro atoms. The zero-order valence-corrected chi connectivity index (χ0v) is 8.04. The summed E-state index contributed by atoms with van der Waals surface area (Å²) in [5.41, 5.74) is 5.61. The number of benzene rings is 1. The van der Waals surface area contributed by atoms with E-state index in [2.05, 4.69) is 0 Å². The van der Waals surface area contributed by atoms with Crippen molar-refractivity contribution in [3.8, 4) is 0 Å². The molecule has 1 aromatic carbocycles. The molecule has 86 valence electrons. The van der Waals surface area contributed by atoms with Gasteiger partial charge in [-0.15, -0.1) is 0 Å². The van der Waals surface area contributed by atoms with Gasteiger partial charge in [0.2, 0.25) is 5.78 Å². The van der Waals surface area contributed by atoms with Gasteiger partial charge in [0.1, 0.15) is 0 Å². The first kappa shape index (κ1) is 12.2. The molecule has 0 heterocycles. The molecule has 1 aromatic rings. The molecule has 3 nitrogen and oxygen atoms in total. The van der Waals surface area contributed by atoms with Crippen LogP contribution in [-0.4, -0.2) is 17.7 Å². The van der Waals surface area contributed by atoms with Crippen molar-refractivity contribution in [2.24, 2.45) is 0 Å². The third kappa shape index (κ3) is 3.08. The van der Waals surface area contributed by atoms with E-state index < -0.39 is 24.2 Å². The Kier molecular flexibility index (Phi) is 3.31. The maximum Gasteiger partial charge on any atom is 0.450 e. The van der Waals surface area contributed by atoms with Gasteiger partial charge in [-0.1, -0.05) is 12.1 Å². The first-order chi connectivity index (χ1) is 7.30. The smallest absolute Gasteiger partial charge is 0.399 e. The lowest BCUT2D eigenvalue weighted by molar-refractivity contribution is -0.170. The van der Waals surface area contributed by atoms with Gasteiger partial charge in [-0.25, -0.2) is 0 Å². The molecule has 0 aliphatic heterocycles. The van der Waals surface area contributed by atoms with Crippen molar-refractivity contribution in [3.63, 3.8) is 0 Å². The van der Waals surface area contributed by atoms with Gasteiger partial charge in [0.25, 0.3) is 0 Å². The number of hydrogen-bond acceptors (Lipinski definition) is 3. The van der Waals surface area contributed by atoms with Crippen LogP contribution >= 0.6 is 0 Å². The zero-order chi connectivity index (χ0) is 12.3. The van der Waals surface area contributed by atoms with E-state index in [0.717, 1.165) is 0 Å². The van der Waals surface area contributed by atoms with Gasteiger partial charge in [0.05, 0.1) is 6.42 Å². The van der Waals surface area contributed by atoms with E-state index in [1.807, 2.05) is 0 Å². The van der Waals surface area contributed by atoms with E-state index in [0.29, 0.717) is 0 Å². The second-order valence-electron chi connectivity index (χ2n) is 3.15. The van der Waals surface area contributed by atoms with Crippen molar-refractivity contribution >= 4 is 17.3 Å². The van der Waals surface area contributed by atoms with Crippen molar-refractivity contribution < 1.29 is 22.8 Å². The minimum absolute atomic E-state index is 0.00222. The van der Waals surface area contributed by atoms with Crippen LogP contribution in [0.4, 0.5) is 18.9 Å². The van der Waals surface area contributed by atoms with Crippen molar-refractivity contribution in [1.82, 2.24) is 0 Å². The van der Waals surface area contributed by atoms with Gasteiger partial charge < -0.3 is 5.73 Å². The molecular weight excluding hydrogens is 223 g/mol. The third-order valence-corrected chi connectivity index (χ3v) is 1.85. The topological polar surface area (TPSA) is 60.2 Å². The lowest BCUT2D eigenvalue weighted by Crippen LogP contribution is -2.25. The predicted molar refractivity (Wildman–Crippen MR) is 50.9 cm³/mol. The number of ketones is 2. The van der Waals surface area contributed by atoms with Crippen LogP contribution < -0.4 is 5.73 Å². The van der Waals surface area contributed by atoms with Crippen LogP contribution in [0.15, 0.2) is 24.3 Å². The summed E-state index contributed by atoms with van der Waals surface area (Å²) >= 11 is 0. The Morgan fingerprint density at radius 2 is 1.88 bits per heavy atom. The quantitative estimate of drug-likeness (QED) is 0.491. The number of rotatable bonds is 3. The summed E-state index contributed by atoms with van der Waals surface area (Å²) in [5, 5.41) is 0. The van der Waals surface area contributed by atoms with E-state index in [9.17, 15) is 22.8 Å². The number of carbonyl (C=O) groups excluding carboxylic acids is 2. The van der Waals surface area contributed by atoms with E-state index in [1.54, 1.807) is 0 Å². The maximum absolute atomic E-state index is 11.9. The van der Waals surface area contributed by atoms with E-state index in [4.69, 9.17) is 5.73 Å². The van der Waals surface area contributed by atoms with Crippen LogP contribution in [0.25, 0.3) is 0 Å². The molecule has 0 aliphatic carbocycles. The standard InChI is InChI=1S/C10H8F3NO2/c11-10(12,13)9(16)5-8(15)6-2-1-3-7(14)4-6/h1-4H,5,14H2. The number of carbonyl (C=O) groups is 2. The number of nitrogens with two attached hydrogens (primary N) is 1. The Bertz CT molecular complexity index is 426. The van der Waals surface area contributed by atoms with Crippen LogP contribution in [-0.2, 0) is 4.79 Å². The average molecular weight is 231 g/mol. The molecule has 2 N–H and O–H groups in total. The van der Waals surface area contributed by atoms with Crippen molar-refractivity contribution in [3.05, 3.63) is 29.8 Å². The zero-order valence-electron chi connectivity index (χ0n) is 8.04. The molecule has 0 aromatic heterocycles. The molecule has 0 radical (unpaired) electrons. The Hall–Kier alpha value is -1.85. The Labute approximate surface area is 89.1 Å². The third-order valence-electron chi connectivity index (χ3n) is 1.85. The molecule has 0 saturated carbocycles. The molecule has 0 aliphatic rings.